The van der Waals surface area contributed by atoms with Gasteiger partial charge in [-0.25, -0.2) is 4.79 Å². The van der Waals surface area contributed by atoms with Crippen LogP contribution in [0.3, 0.4) is 0 Å². The largest absolute Gasteiger partial charge is 0.458 e. The molecular formula is C15H20O2. The molecule has 1 aromatic rings. The van der Waals surface area contributed by atoms with Gasteiger partial charge < -0.3 is 4.74 Å². The predicted molar refractivity (Wildman–Crippen MR) is 69.5 cm³/mol. The minimum atomic E-state index is -0.280. The third kappa shape index (κ3) is 6.56. The topological polar surface area (TPSA) is 26.3 Å². The Bertz CT molecular complexity index is 372. The molecule has 0 unspecified atom stereocenters. The van der Waals surface area contributed by atoms with Crippen molar-refractivity contribution in [2.45, 2.75) is 33.8 Å². The van der Waals surface area contributed by atoms with Crippen molar-refractivity contribution in [1.82, 2.24) is 0 Å². The second-order valence-electron chi connectivity index (χ2n) is 5.26. The Labute approximate surface area is 103 Å². The quantitative estimate of drug-likeness (QED) is 0.584. The zero-order valence-electron chi connectivity index (χ0n) is 10.8. The van der Waals surface area contributed by atoms with Crippen molar-refractivity contribution in [1.29, 1.82) is 0 Å². The van der Waals surface area contributed by atoms with Gasteiger partial charge in [-0.1, -0.05) is 57.2 Å². The number of rotatable bonds is 4. The fraction of sp³-hybridized carbons (Fsp3) is 0.400. The molecule has 0 atom stereocenters. The second-order valence-corrected chi connectivity index (χ2v) is 5.26. The first-order valence-electron chi connectivity index (χ1n) is 5.84. The lowest BCUT2D eigenvalue weighted by Gasteiger charge is -2.14. The van der Waals surface area contributed by atoms with Crippen LogP contribution in [0, 0.1) is 5.41 Å². The molecule has 0 saturated heterocycles. The summed E-state index contributed by atoms with van der Waals surface area (Å²) in [7, 11) is 0. The molecule has 0 amide bonds. The highest BCUT2D eigenvalue weighted by Gasteiger charge is 2.07. The molecule has 0 N–H and O–H groups in total. The molecule has 1 aromatic carbocycles. The van der Waals surface area contributed by atoms with E-state index in [1.165, 1.54) is 6.08 Å². The summed E-state index contributed by atoms with van der Waals surface area (Å²) >= 11 is 0. The van der Waals surface area contributed by atoms with Gasteiger partial charge in [0.15, 0.2) is 0 Å². The first-order valence-corrected chi connectivity index (χ1v) is 5.84. The first kappa shape index (κ1) is 13.5. The van der Waals surface area contributed by atoms with Crippen LogP contribution < -0.4 is 0 Å². The van der Waals surface area contributed by atoms with Gasteiger partial charge >= 0.3 is 5.97 Å². The maximum atomic E-state index is 11.4. The average molecular weight is 232 g/mol. The molecule has 0 fully saturated rings. The number of benzene rings is 1. The standard InChI is InChI=1S/C15H20O2/c1-15(2,3)11-7-10-14(16)17-12-13-8-5-4-6-9-13/h4-10H,11-12H2,1-3H3. The van der Waals surface area contributed by atoms with Gasteiger partial charge in [-0.3, -0.25) is 0 Å². The van der Waals surface area contributed by atoms with E-state index in [1.807, 2.05) is 36.4 Å². The molecule has 0 spiro atoms. The lowest BCUT2D eigenvalue weighted by atomic mass is 9.92. The molecule has 0 aromatic heterocycles. The molecule has 92 valence electrons. The van der Waals surface area contributed by atoms with Crippen molar-refractivity contribution < 1.29 is 9.53 Å². The van der Waals surface area contributed by atoms with Gasteiger partial charge in [0.2, 0.25) is 0 Å². The molecule has 0 aliphatic carbocycles. The van der Waals surface area contributed by atoms with Gasteiger partial charge in [-0.2, -0.15) is 0 Å². The number of hydrogen-bond donors (Lipinski definition) is 0. The van der Waals surface area contributed by atoms with E-state index in [0.29, 0.717) is 6.61 Å². The van der Waals surface area contributed by atoms with Crippen molar-refractivity contribution in [3.63, 3.8) is 0 Å². The summed E-state index contributed by atoms with van der Waals surface area (Å²) in [5.74, 6) is -0.280. The monoisotopic (exact) mass is 232 g/mol. The fourth-order valence-corrected chi connectivity index (χ4v) is 1.29. The van der Waals surface area contributed by atoms with Crippen LogP contribution in [0.4, 0.5) is 0 Å². The van der Waals surface area contributed by atoms with Crippen molar-refractivity contribution in [2.75, 3.05) is 0 Å². The van der Waals surface area contributed by atoms with E-state index in [0.717, 1.165) is 12.0 Å². The average Bonchev–Trinajstić information content (AvgIpc) is 2.26. The summed E-state index contributed by atoms with van der Waals surface area (Å²) in [5, 5.41) is 0. The van der Waals surface area contributed by atoms with Gasteiger partial charge in [0, 0.05) is 6.08 Å². The third-order valence-electron chi connectivity index (χ3n) is 2.21. The van der Waals surface area contributed by atoms with E-state index in [9.17, 15) is 4.79 Å². The van der Waals surface area contributed by atoms with Gasteiger partial charge in [0.25, 0.3) is 0 Å². The molecule has 0 heterocycles. The number of hydrogen-bond acceptors (Lipinski definition) is 2. The highest BCUT2D eigenvalue weighted by atomic mass is 16.5. The van der Waals surface area contributed by atoms with Crippen LogP contribution in [0.2, 0.25) is 0 Å². The Morgan fingerprint density at radius 3 is 2.47 bits per heavy atom. The fourth-order valence-electron chi connectivity index (χ4n) is 1.29. The molecule has 1 rings (SSSR count). The molecule has 0 aliphatic rings. The van der Waals surface area contributed by atoms with Crippen LogP contribution >= 0.6 is 0 Å². The second kappa shape index (κ2) is 6.24. The van der Waals surface area contributed by atoms with E-state index in [1.54, 1.807) is 0 Å². The van der Waals surface area contributed by atoms with Crippen LogP contribution in [0.15, 0.2) is 42.5 Å². The van der Waals surface area contributed by atoms with Crippen LogP contribution in [-0.2, 0) is 16.1 Å². The summed E-state index contributed by atoms with van der Waals surface area (Å²) < 4.78 is 5.12. The van der Waals surface area contributed by atoms with Crippen molar-refractivity contribution in [2.24, 2.45) is 5.41 Å². The Morgan fingerprint density at radius 1 is 1.24 bits per heavy atom. The molecule has 0 radical (unpaired) electrons. The third-order valence-corrected chi connectivity index (χ3v) is 2.21. The maximum Gasteiger partial charge on any atom is 0.330 e. The first-order chi connectivity index (χ1) is 7.97. The van der Waals surface area contributed by atoms with E-state index in [-0.39, 0.29) is 11.4 Å². The zero-order chi connectivity index (χ0) is 12.7. The maximum absolute atomic E-state index is 11.4. The normalized spacial score (nSPS) is 11.7. The van der Waals surface area contributed by atoms with E-state index in [2.05, 4.69) is 20.8 Å². The van der Waals surface area contributed by atoms with Crippen molar-refractivity contribution in [3.05, 3.63) is 48.0 Å². The van der Waals surface area contributed by atoms with Crippen LogP contribution in [0.1, 0.15) is 32.8 Å². The lowest BCUT2D eigenvalue weighted by Crippen LogP contribution is -2.04. The van der Waals surface area contributed by atoms with Gasteiger partial charge in [0.1, 0.15) is 6.61 Å². The van der Waals surface area contributed by atoms with Crippen molar-refractivity contribution >= 4 is 5.97 Å². The molecule has 0 bridgehead atoms. The summed E-state index contributed by atoms with van der Waals surface area (Å²) in [5.41, 5.74) is 1.21. The summed E-state index contributed by atoms with van der Waals surface area (Å²) in [4.78, 5) is 11.4. The number of carbonyl (C=O) groups excluding carboxylic acids is 1. The predicted octanol–water partition coefficient (Wildman–Crippen LogP) is 3.72. The summed E-state index contributed by atoms with van der Waals surface area (Å²) in [6, 6.07) is 9.67. The van der Waals surface area contributed by atoms with Gasteiger partial charge in [-0.05, 0) is 17.4 Å². The minimum Gasteiger partial charge on any atom is -0.458 e. The Hall–Kier alpha value is -1.57. The SMILES string of the molecule is CC(C)(C)CC=CC(=O)OCc1ccccc1. The number of carbonyl (C=O) groups is 1. The van der Waals surface area contributed by atoms with Crippen LogP contribution in [-0.4, -0.2) is 5.97 Å². The zero-order valence-corrected chi connectivity index (χ0v) is 10.8. The highest BCUT2D eigenvalue weighted by molar-refractivity contribution is 5.81. The molecule has 0 aliphatic heterocycles. The molecule has 2 heteroatoms. The Morgan fingerprint density at radius 2 is 1.88 bits per heavy atom. The molecule has 17 heavy (non-hydrogen) atoms. The number of esters is 1. The minimum absolute atomic E-state index is 0.205. The lowest BCUT2D eigenvalue weighted by molar-refractivity contribution is -0.139. The summed E-state index contributed by atoms with van der Waals surface area (Å²) in [6.07, 6.45) is 4.24. The Balaban J connectivity index is 2.31. The van der Waals surface area contributed by atoms with Crippen LogP contribution in [0.5, 0.6) is 0 Å². The van der Waals surface area contributed by atoms with E-state index >= 15 is 0 Å². The number of ether oxygens (including phenoxy) is 1. The Kier molecular flexibility index (Phi) is 4.95. The molecule has 0 saturated carbocycles. The van der Waals surface area contributed by atoms with Gasteiger partial charge in [0.05, 0.1) is 0 Å². The molecule has 2 nitrogen and oxygen atoms in total. The smallest absolute Gasteiger partial charge is 0.330 e. The van der Waals surface area contributed by atoms with E-state index < -0.39 is 0 Å². The van der Waals surface area contributed by atoms with E-state index in [4.69, 9.17) is 4.74 Å². The van der Waals surface area contributed by atoms with Crippen LogP contribution in [0.25, 0.3) is 0 Å². The number of allylic oxidation sites excluding steroid dienone is 1. The van der Waals surface area contributed by atoms with Gasteiger partial charge in [-0.15, -0.1) is 0 Å². The summed E-state index contributed by atoms with van der Waals surface area (Å²) in [6.45, 7) is 6.73. The highest BCUT2D eigenvalue weighted by Crippen LogP contribution is 2.18. The molecular weight excluding hydrogens is 212 g/mol. The van der Waals surface area contributed by atoms with Crippen molar-refractivity contribution in [3.8, 4) is 0 Å².